The molecule has 5 heteroatoms. The summed E-state index contributed by atoms with van der Waals surface area (Å²) in [5.41, 5.74) is 2.08. The number of hydrogen-bond acceptors (Lipinski definition) is 2. The van der Waals surface area contributed by atoms with Crippen LogP contribution in [-0.2, 0) is 0 Å². The molecule has 3 nitrogen and oxygen atoms in total. The Labute approximate surface area is 137 Å². The van der Waals surface area contributed by atoms with E-state index in [9.17, 15) is 13.6 Å². The zero-order valence-corrected chi connectivity index (χ0v) is 12.7. The molecular formula is C19H15F2NO2. The number of rotatable bonds is 2. The van der Waals surface area contributed by atoms with E-state index < -0.39 is 17.6 Å². The number of halogens is 2. The number of hydrogen-bond donors (Lipinski definition) is 2. The third-order valence-electron chi connectivity index (χ3n) is 4.90. The number of fused-ring (bicyclic) bond motifs is 3. The van der Waals surface area contributed by atoms with Crippen molar-refractivity contribution in [3.8, 4) is 0 Å². The van der Waals surface area contributed by atoms with Crippen LogP contribution in [0.2, 0.25) is 0 Å². The summed E-state index contributed by atoms with van der Waals surface area (Å²) in [7, 11) is 0. The van der Waals surface area contributed by atoms with Crippen molar-refractivity contribution in [1.29, 1.82) is 0 Å². The summed E-state index contributed by atoms with van der Waals surface area (Å²) in [4.78, 5) is 11.0. The number of carboxylic acids is 1. The summed E-state index contributed by atoms with van der Waals surface area (Å²) >= 11 is 0. The van der Waals surface area contributed by atoms with Gasteiger partial charge in [-0.3, -0.25) is 0 Å². The fourth-order valence-corrected chi connectivity index (χ4v) is 3.78. The summed E-state index contributed by atoms with van der Waals surface area (Å²) in [6.07, 6.45) is 4.84. The van der Waals surface area contributed by atoms with Gasteiger partial charge >= 0.3 is 5.97 Å². The van der Waals surface area contributed by atoms with Crippen molar-refractivity contribution in [2.45, 2.75) is 18.4 Å². The predicted molar refractivity (Wildman–Crippen MR) is 86.1 cm³/mol. The molecule has 1 aliphatic heterocycles. The van der Waals surface area contributed by atoms with E-state index in [1.54, 1.807) is 24.3 Å². The van der Waals surface area contributed by atoms with E-state index in [-0.39, 0.29) is 23.4 Å². The topological polar surface area (TPSA) is 49.3 Å². The molecule has 0 unspecified atom stereocenters. The van der Waals surface area contributed by atoms with Crippen LogP contribution in [0.25, 0.3) is 0 Å². The Morgan fingerprint density at radius 1 is 1.17 bits per heavy atom. The van der Waals surface area contributed by atoms with Gasteiger partial charge in [0.25, 0.3) is 0 Å². The zero-order chi connectivity index (χ0) is 16.8. The number of allylic oxidation sites excluding steroid dienone is 2. The molecule has 0 amide bonds. The second kappa shape index (κ2) is 5.44. The average molecular weight is 327 g/mol. The molecule has 3 atom stereocenters. The molecule has 1 heterocycles. The van der Waals surface area contributed by atoms with E-state index in [1.165, 1.54) is 6.07 Å². The Kier molecular flexibility index (Phi) is 3.37. The number of carbonyl (C=O) groups is 1. The molecule has 2 aliphatic rings. The largest absolute Gasteiger partial charge is 0.478 e. The monoisotopic (exact) mass is 327 g/mol. The highest BCUT2D eigenvalue weighted by Crippen LogP contribution is 2.50. The van der Waals surface area contributed by atoms with Crippen LogP contribution < -0.4 is 5.32 Å². The maximum atomic E-state index is 14.2. The van der Waals surface area contributed by atoms with Gasteiger partial charge < -0.3 is 10.4 Å². The first-order valence-corrected chi connectivity index (χ1v) is 7.80. The lowest BCUT2D eigenvalue weighted by Gasteiger charge is -2.37. The Balaban J connectivity index is 1.76. The summed E-state index contributed by atoms with van der Waals surface area (Å²) in [5.74, 6) is -2.05. The van der Waals surface area contributed by atoms with Crippen molar-refractivity contribution in [2.75, 3.05) is 5.32 Å². The Morgan fingerprint density at radius 2 is 1.92 bits per heavy atom. The number of benzene rings is 2. The fraction of sp³-hybridized carbons (Fsp3) is 0.211. The fourth-order valence-electron chi connectivity index (χ4n) is 3.78. The molecule has 0 radical (unpaired) electrons. The van der Waals surface area contributed by atoms with E-state index in [0.717, 1.165) is 18.1 Å². The van der Waals surface area contributed by atoms with Crippen LogP contribution in [0.1, 0.15) is 39.9 Å². The third kappa shape index (κ3) is 2.28. The van der Waals surface area contributed by atoms with Gasteiger partial charge in [-0.05, 0) is 41.7 Å². The molecule has 0 saturated heterocycles. The van der Waals surface area contributed by atoms with Gasteiger partial charge in [0.05, 0.1) is 17.3 Å². The van der Waals surface area contributed by atoms with Gasteiger partial charge in [-0.2, -0.15) is 0 Å². The first-order valence-electron chi connectivity index (χ1n) is 7.80. The normalized spacial score (nSPS) is 24.2. The van der Waals surface area contributed by atoms with Crippen molar-refractivity contribution >= 4 is 11.7 Å². The van der Waals surface area contributed by atoms with Gasteiger partial charge in [-0.1, -0.05) is 24.3 Å². The molecule has 0 bridgehead atoms. The highest BCUT2D eigenvalue weighted by molar-refractivity contribution is 5.87. The highest BCUT2D eigenvalue weighted by Gasteiger charge is 2.39. The molecule has 0 saturated carbocycles. The summed E-state index contributed by atoms with van der Waals surface area (Å²) < 4.78 is 27.8. The standard InChI is InChI=1S/C19H15F2NO2/c20-12-8-15-13-2-1-3-14(13)17(22-18(15)16(21)9-12)10-4-6-11(7-5-10)19(23)24/h1-2,4-9,13-14,17,22H,3H2,(H,23,24)/t13-,14+,17-/m1/s1. The van der Waals surface area contributed by atoms with Gasteiger partial charge in [-0.15, -0.1) is 0 Å². The van der Waals surface area contributed by atoms with Crippen molar-refractivity contribution in [3.05, 3.63) is 76.9 Å². The number of carboxylic acid groups (broad SMARTS) is 1. The molecule has 0 spiro atoms. The molecule has 0 aromatic heterocycles. The first-order chi connectivity index (χ1) is 11.5. The number of anilines is 1. The molecule has 4 rings (SSSR count). The molecule has 122 valence electrons. The van der Waals surface area contributed by atoms with Crippen LogP contribution in [0, 0.1) is 17.6 Å². The predicted octanol–water partition coefficient (Wildman–Crippen LogP) is 4.49. The van der Waals surface area contributed by atoms with E-state index in [4.69, 9.17) is 5.11 Å². The lowest BCUT2D eigenvalue weighted by atomic mass is 9.77. The maximum absolute atomic E-state index is 14.2. The first kappa shape index (κ1) is 14.9. The highest BCUT2D eigenvalue weighted by atomic mass is 19.1. The van der Waals surface area contributed by atoms with Gasteiger partial charge in [0, 0.05) is 12.0 Å². The van der Waals surface area contributed by atoms with Gasteiger partial charge in [-0.25, -0.2) is 13.6 Å². The van der Waals surface area contributed by atoms with Crippen LogP contribution in [-0.4, -0.2) is 11.1 Å². The van der Waals surface area contributed by atoms with Crippen LogP contribution in [0.4, 0.5) is 14.5 Å². The average Bonchev–Trinajstić information content (AvgIpc) is 3.04. The zero-order valence-electron chi connectivity index (χ0n) is 12.7. The second-order valence-corrected chi connectivity index (χ2v) is 6.25. The lowest BCUT2D eigenvalue weighted by Crippen LogP contribution is -2.30. The number of nitrogens with one attached hydrogen (secondary N) is 1. The van der Waals surface area contributed by atoms with Crippen LogP contribution in [0.5, 0.6) is 0 Å². The molecule has 1 aliphatic carbocycles. The second-order valence-electron chi connectivity index (χ2n) is 6.25. The minimum atomic E-state index is -0.981. The molecule has 24 heavy (non-hydrogen) atoms. The van der Waals surface area contributed by atoms with Crippen molar-refractivity contribution in [3.63, 3.8) is 0 Å². The SMILES string of the molecule is O=C(O)c1ccc([C@H]2Nc3c(F)cc(F)cc3[C@@H]3C=CC[C@H]23)cc1. The molecule has 2 aromatic rings. The lowest BCUT2D eigenvalue weighted by molar-refractivity contribution is 0.0697. The smallest absolute Gasteiger partial charge is 0.335 e. The minimum Gasteiger partial charge on any atom is -0.478 e. The molecular weight excluding hydrogens is 312 g/mol. The Hall–Kier alpha value is -2.69. The van der Waals surface area contributed by atoms with Crippen molar-refractivity contribution < 1.29 is 18.7 Å². The van der Waals surface area contributed by atoms with Crippen LogP contribution in [0.3, 0.4) is 0 Å². The third-order valence-corrected chi connectivity index (χ3v) is 4.90. The molecule has 2 N–H and O–H groups in total. The van der Waals surface area contributed by atoms with E-state index in [1.807, 2.05) is 12.2 Å². The van der Waals surface area contributed by atoms with E-state index >= 15 is 0 Å². The van der Waals surface area contributed by atoms with Gasteiger partial charge in [0.2, 0.25) is 0 Å². The summed E-state index contributed by atoms with van der Waals surface area (Å²) in [5, 5.41) is 12.2. The maximum Gasteiger partial charge on any atom is 0.335 e. The Morgan fingerprint density at radius 3 is 2.62 bits per heavy atom. The van der Waals surface area contributed by atoms with Crippen molar-refractivity contribution in [2.24, 2.45) is 5.92 Å². The van der Waals surface area contributed by atoms with Crippen LogP contribution in [0.15, 0.2) is 48.6 Å². The molecule has 2 aromatic carbocycles. The minimum absolute atomic E-state index is 0.0457. The van der Waals surface area contributed by atoms with E-state index in [0.29, 0.717) is 11.3 Å². The summed E-state index contributed by atoms with van der Waals surface area (Å²) in [6.45, 7) is 0. The van der Waals surface area contributed by atoms with Crippen LogP contribution >= 0.6 is 0 Å². The Bertz CT molecular complexity index is 845. The molecule has 0 fully saturated rings. The van der Waals surface area contributed by atoms with E-state index in [2.05, 4.69) is 5.32 Å². The van der Waals surface area contributed by atoms with Gasteiger partial charge in [0.1, 0.15) is 11.6 Å². The number of aromatic carboxylic acids is 1. The van der Waals surface area contributed by atoms with Gasteiger partial charge in [0.15, 0.2) is 0 Å². The summed E-state index contributed by atoms with van der Waals surface area (Å²) in [6, 6.07) is 8.73. The van der Waals surface area contributed by atoms with Crippen molar-refractivity contribution in [1.82, 2.24) is 0 Å². The quantitative estimate of drug-likeness (QED) is 0.799.